The Bertz CT molecular complexity index is 447. The molecule has 110 valence electrons. The lowest BCUT2D eigenvalue weighted by atomic mass is 10.1. The quantitative estimate of drug-likeness (QED) is 0.480. The van der Waals surface area contributed by atoms with Crippen molar-refractivity contribution in [3.63, 3.8) is 0 Å². The number of aromatic nitrogens is 1. The zero-order valence-corrected chi connectivity index (χ0v) is 11.4. The van der Waals surface area contributed by atoms with E-state index in [2.05, 4.69) is 9.88 Å². The number of hydrogen-bond donors (Lipinski definition) is 1. The lowest BCUT2D eigenvalue weighted by Gasteiger charge is -2.32. The summed E-state index contributed by atoms with van der Waals surface area (Å²) in [5, 5.41) is 10.8. The fraction of sp³-hybridized carbons (Fsp3) is 0.615. The molecule has 0 unspecified atom stereocenters. The van der Waals surface area contributed by atoms with Crippen molar-refractivity contribution in [1.29, 1.82) is 0 Å². The van der Waals surface area contributed by atoms with E-state index >= 15 is 0 Å². The minimum atomic E-state index is -0.395. The van der Waals surface area contributed by atoms with Crippen LogP contribution in [0.4, 0.5) is 11.5 Å². The Labute approximate surface area is 117 Å². The third kappa shape index (κ3) is 3.88. The molecule has 7 nitrogen and oxygen atoms in total. The number of piperidine rings is 1. The number of nitro groups is 1. The molecular weight excluding hydrogens is 260 g/mol. The molecule has 1 saturated heterocycles. The van der Waals surface area contributed by atoms with Gasteiger partial charge in [0.05, 0.1) is 17.1 Å². The number of anilines is 1. The van der Waals surface area contributed by atoms with Gasteiger partial charge in [0.1, 0.15) is 5.82 Å². The van der Waals surface area contributed by atoms with Crippen LogP contribution >= 0.6 is 0 Å². The van der Waals surface area contributed by atoms with Crippen molar-refractivity contribution in [2.24, 2.45) is 5.73 Å². The van der Waals surface area contributed by atoms with E-state index in [0.29, 0.717) is 19.0 Å². The molecule has 2 N–H and O–H groups in total. The molecule has 0 amide bonds. The standard InChI is InChI=1S/C13H20N4O3/c14-5-1-9-20-12-3-7-16(8-4-12)13-10-11(17(18)19)2-6-15-13/h2,6,10,12H,1,3-5,7-9,14H2. The Morgan fingerprint density at radius 2 is 2.25 bits per heavy atom. The van der Waals surface area contributed by atoms with Gasteiger partial charge in [0.15, 0.2) is 0 Å². The first-order valence-electron chi connectivity index (χ1n) is 6.88. The average Bonchev–Trinajstić information content (AvgIpc) is 2.48. The van der Waals surface area contributed by atoms with Gasteiger partial charge >= 0.3 is 0 Å². The van der Waals surface area contributed by atoms with Crippen LogP contribution < -0.4 is 10.6 Å². The molecular formula is C13H20N4O3. The van der Waals surface area contributed by atoms with Crippen molar-refractivity contribution >= 4 is 11.5 Å². The third-order valence-electron chi connectivity index (χ3n) is 3.41. The smallest absolute Gasteiger partial charge is 0.274 e. The molecule has 0 aromatic carbocycles. The summed E-state index contributed by atoms with van der Waals surface area (Å²) < 4.78 is 5.73. The van der Waals surface area contributed by atoms with Crippen molar-refractivity contribution in [1.82, 2.24) is 4.98 Å². The van der Waals surface area contributed by atoms with Crippen molar-refractivity contribution < 1.29 is 9.66 Å². The number of hydrogen-bond acceptors (Lipinski definition) is 6. The largest absolute Gasteiger partial charge is 0.378 e. The lowest BCUT2D eigenvalue weighted by Crippen LogP contribution is -2.37. The molecule has 2 rings (SSSR count). The molecule has 0 saturated carbocycles. The second-order valence-corrected chi connectivity index (χ2v) is 4.83. The van der Waals surface area contributed by atoms with Crippen LogP contribution in [0.25, 0.3) is 0 Å². The van der Waals surface area contributed by atoms with E-state index in [1.54, 1.807) is 0 Å². The van der Waals surface area contributed by atoms with E-state index in [4.69, 9.17) is 10.5 Å². The number of nitrogens with two attached hydrogens (primary N) is 1. The second-order valence-electron chi connectivity index (χ2n) is 4.83. The fourth-order valence-electron chi connectivity index (χ4n) is 2.28. The fourth-order valence-corrected chi connectivity index (χ4v) is 2.28. The SMILES string of the molecule is NCCCOC1CCN(c2cc([N+](=O)[O-])ccn2)CC1. The van der Waals surface area contributed by atoms with Crippen molar-refractivity contribution in [2.75, 3.05) is 31.1 Å². The highest BCUT2D eigenvalue weighted by Crippen LogP contribution is 2.22. The third-order valence-corrected chi connectivity index (χ3v) is 3.41. The zero-order valence-electron chi connectivity index (χ0n) is 11.4. The Hall–Kier alpha value is -1.73. The van der Waals surface area contributed by atoms with Gasteiger partial charge in [-0.3, -0.25) is 10.1 Å². The Kier molecular flexibility index (Phi) is 5.25. The van der Waals surface area contributed by atoms with Gasteiger partial charge in [0.2, 0.25) is 0 Å². The molecule has 1 aliphatic rings. The monoisotopic (exact) mass is 280 g/mol. The van der Waals surface area contributed by atoms with E-state index in [1.807, 2.05) is 0 Å². The molecule has 1 aromatic rings. The van der Waals surface area contributed by atoms with Gasteiger partial charge in [0, 0.05) is 32.0 Å². The average molecular weight is 280 g/mol. The van der Waals surface area contributed by atoms with E-state index < -0.39 is 4.92 Å². The van der Waals surface area contributed by atoms with Crippen molar-refractivity contribution in [2.45, 2.75) is 25.4 Å². The summed E-state index contributed by atoms with van der Waals surface area (Å²) >= 11 is 0. The predicted octanol–water partition coefficient (Wildman–Crippen LogP) is 1.32. The Morgan fingerprint density at radius 1 is 1.50 bits per heavy atom. The molecule has 0 atom stereocenters. The topological polar surface area (TPSA) is 94.5 Å². The molecule has 0 radical (unpaired) electrons. The molecule has 1 aliphatic heterocycles. The van der Waals surface area contributed by atoms with Crippen LogP contribution in [0.15, 0.2) is 18.3 Å². The van der Waals surface area contributed by atoms with Crippen LogP contribution in [-0.4, -0.2) is 42.3 Å². The van der Waals surface area contributed by atoms with Gasteiger partial charge in [-0.05, 0) is 25.8 Å². The number of pyridine rings is 1. The van der Waals surface area contributed by atoms with Gasteiger partial charge in [0.25, 0.3) is 5.69 Å². The maximum Gasteiger partial charge on any atom is 0.274 e. The Balaban J connectivity index is 1.87. The first-order valence-corrected chi connectivity index (χ1v) is 6.88. The predicted molar refractivity (Wildman–Crippen MR) is 75.7 cm³/mol. The number of ether oxygens (including phenoxy) is 1. The Morgan fingerprint density at radius 3 is 2.90 bits per heavy atom. The minimum absolute atomic E-state index is 0.0799. The molecule has 1 aromatic heterocycles. The first-order chi connectivity index (χ1) is 9.70. The normalized spacial score (nSPS) is 16.4. The minimum Gasteiger partial charge on any atom is -0.378 e. The summed E-state index contributed by atoms with van der Waals surface area (Å²) in [6.45, 7) is 2.97. The van der Waals surface area contributed by atoms with Gasteiger partial charge in [-0.15, -0.1) is 0 Å². The first kappa shape index (κ1) is 14.7. The maximum absolute atomic E-state index is 10.8. The van der Waals surface area contributed by atoms with Crippen LogP contribution in [0.1, 0.15) is 19.3 Å². The molecule has 2 heterocycles. The van der Waals surface area contributed by atoms with Crippen LogP contribution in [0, 0.1) is 10.1 Å². The summed E-state index contributed by atoms with van der Waals surface area (Å²) in [6.07, 6.45) is 4.45. The van der Waals surface area contributed by atoms with Crippen molar-refractivity contribution in [3.8, 4) is 0 Å². The molecule has 7 heteroatoms. The highest BCUT2D eigenvalue weighted by Gasteiger charge is 2.21. The summed E-state index contributed by atoms with van der Waals surface area (Å²) in [7, 11) is 0. The number of nitrogens with zero attached hydrogens (tertiary/aromatic N) is 3. The van der Waals surface area contributed by atoms with Gasteiger partial charge < -0.3 is 15.4 Å². The van der Waals surface area contributed by atoms with Crippen LogP contribution in [0.2, 0.25) is 0 Å². The highest BCUT2D eigenvalue weighted by atomic mass is 16.6. The number of rotatable bonds is 6. The lowest BCUT2D eigenvalue weighted by molar-refractivity contribution is -0.384. The highest BCUT2D eigenvalue weighted by molar-refractivity contribution is 5.46. The van der Waals surface area contributed by atoms with Crippen LogP contribution in [0.3, 0.4) is 0 Å². The molecule has 0 spiro atoms. The molecule has 20 heavy (non-hydrogen) atoms. The van der Waals surface area contributed by atoms with E-state index in [9.17, 15) is 10.1 Å². The van der Waals surface area contributed by atoms with Crippen LogP contribution in [-0.2, 0) is 4.74 Å². The van der Waals surface area contributed by atoms with Gasteiger partial charge in [-0.25, -0.2) is 4.98 Å². The van der Waals surface area contributed by atoms with Crippen LogP contribution in [0.5, 0.6) is 0 Å². The van der Waals surface area contributed by atoms with Crippen molar-refractivity contribution in [3.05, 3.63) is 28.4 Å². The summed E-state index contributed by atoms with van der Waals surface area (Å²) in [4.78, 5) is 16.6. The van der Waals surface area contributed by atoms with E-state index in [-0.39, 0.29) is 11.8 Å². The molecule has 0 aliphatic carbocycles. The summed E-state index contributed by atoms with van der Waals surface area (Å²) in [5.74, 6) is 0.666. The van der Waals surface area contributed by atoms with E-state index in [1.165, 1.54) is 18.3 Å². The van der Waals surface area contributed by atoms with Gasteiger partial charge in [-0.1, -0.05) is 0 Å². The summed E-state index contributed by atoms with van der Waals surface area (Å²) in [5.41, 5.74) is 5.51. The summed E-state index contributed by atoms with van der Waals surface area (Å²) in [6, 6.07) is 2.93. The van der Waals surface area contributed by atoms with Gasteiger partial charge in [-0.2, -0.15) is 0 Å². The zero-order chi connectivity index (χ0) is 14.4. The molecule has 0 bridgehead atoms. The second kappa shape index (κ2) is 7.16. The molecule has 1 fully saturated rings. The maximum atomic E-state index is 10.8. The van der Waals surface area contributed by atoms with E-state index in [0.717, 1.165) is 32.4 Å².